The van der Waals surface area contributed by atoms with Crippen LogP contribution in [0.1, 0.15) is 36.0 Å². The van der Waals surface area contributed by atoms with Crippen molar-refractivity contribution in [3.8, 4) is 11.5 Å². The Morgan fingerprint density at radius 2 is 1.71 bits per heavy atom. The molecule has 0 unspecified atom stereocenters. The first-order chi connectivity index (χ1) is 13.3. The number of rotatable bonds is 5. The summed E-state index contributed by atoms with van der Waals surface area (Å²) < 4.78 is 52.4. The largest absolute Gasteiger partial charge is 0.493 e. The van der Waals surface area contributed by atoms with Crippen molar-refractivity contribution in [3.05, 3.63) is 45.5 Å². The summed E-state index contributed by atoms with van der Waals surface area (Å²) in [4.78, 5) is 15.4. The Kier molecular flexibility index (Phi) is 6.20. The van der Waals surface area contributed by atoms with Crippen LogP contribution in [0.5, 0.6) is 11.5 Å². The Morgan fingerprint density at radius 1 is 1.11 bits per heavy atom. The second-order valence-electron chi connectivity index (χ2n) is 6.16. The Morgan fingerprint density at radius 3 is 2.29 bits per heavy atom. The molecule has 1 N–H and O–H groups in total. The fourth-order valence-electron chi connectivity index (χ4n) is 2.92. The molecule has 1 heterocycles. The number of hydrogen-bond acceptors (Lipinski definition) is 4. The molecule has 1 fully saturated rings. The zero-order chi connectivity index (χ0) is 20.4. The van der Waals surface area contributed by atoms with Gasteiger partial charge >= 0.3 is 0 Å². The molecule has 0 spiro atoms. The zero-order valence-electron chi connectivity index (χ0n) is 14.6. The van der Waals surface area contributed by atoms with Crippen LogP contribution >= 0.6 is 23.2 Å². The molecular formula is C18H15Cl2F3N2O3. The number of carbonyl (C=O) groups excluding carboxylic acids is 1. The van der Waals surface area contributed by atoms with E-state index in [2.05, 4.69) is 10.3 Å². The van der Waals surface area contributed by atoms with E-state index < -0.39 is 44.9 Å². The van der Waals surface area contributed by atoms with Crippen LogP contribution in [0.3, 0.4) is 0 Å². The number of nitrogens with zero attached hydrogens (tertiary/aromatic N) is 1. The summed E-state index contributed by atoms with van der Waals surface area (Å²) in [7, 11) is 1.35. The van der Waals surface area contributed by atoms with Gasteiger partial charge in [-0.15, -0.1) is 0 Å². The molecule has 1 aliphatic rings. The van der Waals surface area contributed by atoms with Gasteiger partial charge in [0, 0.05) is 6.07 Å². The third-order valence-electron chi connectivity index (χ3n) is 4.33. The maximum atomic E-state index is 14.4. The van der Waals surface area contributed by atoms with Crippen LogP contribution < -0.4 is 14.8 Å². The molecule has 1 saturated carbocycles. The highest BCUT2D eigenvalue weighted by Gasteiger charge is 2.24. The van der Waals surface area contributed by atoms with E-state index >= 15 is 0 Å². The van der Waals surface area contributed by atoms with Crippen molar-refractivity contribution in [2.24, 2.45) is 0 Å². The van der Waals surface area contributed by atoms with Gasteiger partial charge in [0.25, 0.3) is 5.91 Å². The van der Waals surface area contributed by atoms with Crippen molar-refractivity contribution in [2.75, 3.05) is 12.4 Å². The maximum absolute atomic E-state index is 14.4. The molecule has 0 atom stereocenters. The van der Waals surface area contributed by atoms with Gasteiger partial charge in [0.2, 0.25) is 11.9 Å². The smallest absolute Gasteiger partial charge is 0.258 e. The molecule has 1 amide bonds. The third kappa shape index (κ3) is 4.12. The Bertz CT molecular complexity index is 895. The van der Waals surface area contributed by atoms with E-state index in [4.69, 9.17) is 32.7 Å². The van der Waals surface area contributed by atoms with Crippen molar-refractivity contribution in [3.63, 3.8) is 0 Å². The lowest BCUT2D eigenvalue weighted by Gasteiger charge is -2.17. The number of anilines is 1. The highest BCUT2D eigenvalue weighted by molar-refractivity contribution is 6.40. The predicted molar refractivity (Wildman–Crippen MR) is 98.0 cm³/mol. The molecule has 28 heavy (non-hydrogen) atoms. The summed E-state index contributed by atoms with van der Waals surface area (Å²) in [5, 5.41) is 0.720. The van der Waals surface area contributed by atoms with Crippen molar-refractivity contribution in [1.82, 2.24) is 4.98 Å². The molecule has 2 aromatic rings. The van der Waals surface area contributed by atoms with E-state index in [1.807, 2.05) is 0 Å². The monoisotopic (exact) mass is 434 g/mol. The van der Waals surface area contributed by atoms with Crippen LogP contribution in [-0.4, -0.2) is 24.1 Å². The quantitative estimate of drug-likeness (QED) is 0.640. The lowest BCUT2D eigenvalue weighted by molar-refractivity contribution is 0.102. The lowest BCUT2D eigenvalue weighted by Crippen LogP contribution is -2.17. The molecule has 5 nitrogen and oxygen atoms in total. The molecule has 1 aromatic carbocycles. The van der Waals surface area contributed by atoms with E-state index in [1.54, 1.807) is 0 Å². The summed E-state index contributed by atoms with van der Waals surface area (Å²) in [6.07, 6.45) is 3.63. The van der Waals surface area contributed by atoms with Crippen molar-refractivity contribution in [2.45, 2.75) is 31.8 Å². The number of nitrogens with one attached hydrogen (secondary N) is 1. The number of benzene rings is 1. The minimum Gasteiger partial charge on any atom is -0.493 e. The molecule has 150 valence electrons. The van der Waals surface area contributed by atoms with Crippen LogP contribution in [0.25, 0.3) is 0 Å². The number of amides is 1. The molecule has 0 bridgehead atoms. The minimum atomic E-state index is -1.36. The maximum Gasteiger partial charge on any atom is 0.258 e. The molecule has 3 rings (SSSR count). The Balaban J connectivity index is 1.93. The number of aromatic nitrogens is 1. The summed E-state index contributed by atoms with van der Waals surface area (Å²) in [6.45, 7) is 0. The van der Waals surface area contributed by atoms with Crippen LogP contribution in [0, 0.1) is 17.7 Å². The number of halogens is 5. The molecular weight excluding hydrogens is 420 g/mol. The standard InChI is InChI=1S/C18H15Cl2F3N2O3/c1-27-11-7-10(21)9(6-12(11)28-8-4-2-3-5-8)18(26)24-15-13(19)16(22)25-17(23)14(15)20/h6-8H,2-5H2,1H3,(H,24,25,26). The van der Waals surface area contributed by atoms with Gasteiger partial charge < -0.3 is 14.8 Å². The molecule has 1 aliphatic carbocycles. The minimum absolute atomic E-state index is 0.0671. The summed E-state index contributed by atoms with van der Waals surface area (Å²) >= 11 is 11.4. The van der Waals surface area contributed by atoms with Gasteiger partial charge in [-0.05, 0) is 31.7 Å². The third-order valence-corrected chi connectivity index (χ3v) is 5.02. The predicted octanol–water partition coefficient (Wildman–Crippen LogP) is 5.39. The van der Waals surface area contributed by atoms with E-state index in [0.29, 0.717) is 0 Å². The van der Waals surface area contributed by atoms with Crippen molar-refractivity contribution >= 4 is 34.8 Å². The molecule has 0 aliphatic heterocycles. The number of methoxy groups -OCH3 is 1. The van der Waals surface area contributed by atoms with Crippen LogP contribution in [0.15, 0.2) is 12.1 Å². The average Bonchev–Trinajstić information content (AvgIpc) is 3.17. The van der Waals surface area contributed by atoms with Crippen LogP contribution in [0.4, 0.5) is 18.9 Å². The number of hydrogen-bond donors (Lipinski definition) is 1. The van der Waals surface area contributed by atoms with Gasteiger partial charge in [0.1, 0.15) is 15.9 Å². The molecule has 1 aromatic heterocycles. The average molecular weight is 435 g/mol. The first-order valence-corrected chi connectivity index (χ1v) is 9.13. The summed E-state index contributed by atoms with van der Waals surface area (Å²) in [6, 6.07) is 2.16. The van der Waals surface area contributed by atoms with Gasteiger partial charge in [-0.1, -0.05) is 23.2 Å². The van der Waals surface area contributed by atoms with Crippen molar-refractivity contribution < 1.29 is 27.4 Å². The SMILES string of the molecule is COc1cc(F)c(C(=O)Nc2c(Cl)c(F)nc(F)c2Cl)cc1OC1CCCC1. The second-order valence-corrected chi connectivity index (χ2v) is 6.91. The topological polar surface area (TPSA) is 60.5 Å². The molecule has 10 heteroatoms. The highest BCUT2D eigenvalue weighted by Crippen LogP contribution is 2.36. The fourth-order valence-corrected chi connectivity index (χ4v) is 3.34. The second kappa shape index (κ2) is 8.45. The number of carbonyl (C=O) groups is 1. The normalized spacial score (nSPS) is 14.2. The Labute approximate surface area is 168 Å². The molecule has 0 saturated heterocycles. The number of pyridine rings is 1. The van der Waals surface area contributed by atoms with Gasteiger partial charge in [-0.2, -0.15) is 13.8 Å². The lowest BCUT2D eigenvalue weighted by atomic mass is 10.1. The van der Waals surface area contributed by atoms with Crippen LogP contribution in [-0.2, 0) is 0 Å². The number of ether oxygens (including phenoxy) is 2. The first kappa shape index (κ1) is 20.5. The van der Waals surface area contributed by atoms with E-state index in [0.717, 1.165) is 37.8 Å². The van der Waals surface area contributed by atoms with E-state index in [9.17, 15) is 18.0 Å². The summed E-state index contributed by atoms with van der Waals surface area (Å²) in [5.74, 6) is -4.36. The van der Waals surface area contributed by atoms with Crippen LogP contribution in [0.2, 0.25) is 10.0 Å². The van der Waals surface area contributed by atoms with Gasteiger partial charge in [0.15, 0.2) is 11.5 Å². The zero-order valence-corrected chi connectivity index (χ0v) is 16.1. The first-order valence-electron chi connectivity index (χ1n) is 8.37. The van der Waals surface area contributed by atoms with Gasteiger partial charge in [-0.25, -0.2) is 4.39 Å². The summed E-state index contributed by atoms with van der Waals surface area (Å²) in [5.41, 5.74) is -0.981. The van der Waals surface area contributed by atoms with E-state index in [1.165, 1.54) is 7.11 Å². The van der Waals surface area contributed by atoms with E-state index in [-0.39, 0.29) is 17.6 Å². The fraction of sp³-hybridized carbons (Fsp3) is 0.333. The Hall–Kier alpha value is -2.19. The van der Waals surface area contributed by atoms with Gasteiger partial charge in [-0.3, -0.25) is 4.79 Å². The highest BCUT2D eigenvalue weighted by atomic mass is 35.5. The molecule has 0 radical (unpaired) electrons. The van der Waals surface area contributed by atoms with Gasteiger partial charge in [0.05, 0.1) is 24.5 Å². The van der Waals surface area contributed by atoms with Crippen molar-refractivity contribution in [1.29, 1.82) is 0 Å².